The Morgan fingerprint density at radius 2 is 1.95 bits per heavy atom. The molecule has 11 nitrogen and oxygen atoms in total. The zero-order chi connectivity index (χ0) is 28.8. The SMILES string of the molecule is C[C@@H]1C[C@@H](C(=O)NCc2cc3cnc(N)cc3s2)n2c1ncc(NC(=O)c1cc(-c3c(F)cccc3F)on1)c2=O. The molecule has 0 spiro atoms. The fourth-order valence-electron chi connectivity index (χ4n) is 4.81. The second kappa shape index (κ2) is 10.2. The van der Waals surface area contributed by atoms with Gasteiger partial charge >= 0.3 is 0 Å². The lowest BCUT2D eigenvalue weighted by molar-refractivity contribution is -0.124. The number of halogens is 2. The number of hydrogen-bond acceptors (Lipinski definition) is 9. The molecule has 1 aliphatic heterocycles. The van der Waals surface area contributed by atoms with Crippen molar-refractivity contribution in [2.24, 2.45) is 0 Å². The number of rotatable bonds is 6. The van der Waals surface area contributed by atoms with E-state index >= 15 is 0 Å². The number of carbonyl (C=O) groups is 2. The molecule has 5 heterocycles. The van der Waals surface area contributed by atoms with Gasteiger partial charge in [0.2, 0.25) is 5.91 Å². The Kier molecular flexibility index (Phi) is 6.53. The van der Waals surface area contributed by atoms with E-state index in [1.54, 1.807) is 12.3 Å². The highest BCUT2D eigenvalue weighted by Crippen LogP contribution is 2.34. The van der Waals surface area contributed by atoms with Gasteiger partial charge in [-0.1, -0.05) is 18.1 Å². The predicted octanol–water partition coefficient (Wildman–Crippen LogP) is 3.99. The van der Waals surface area contributed by atoms with Crippen molar-refractivity contribution in [3.63, 3.8) is 0 Å². The molecule has 4 aromatic heterocycles. The van der Waals surface area contributed by atoms with Crippen molar-refractivity contribution in [1.82, 2.24) is 25.0 Å². The van der Waals surface area contributed by atoms with Crippen molar-refractivity contribution in [3.05, 3.63) is 87.2 Å². The maximum absolute atomic E-state index is 14.1. The van der Waals surface area contributed by atoms with Crippen LogP contribution < -0.4 is 21.9 Å². The van der Waals surface area contributed by atoms with Crippen molar-refractivity contribution < 1.29 is 22.9 Å². The Bertz CT molecular complexity index is 1880. The second-order valence-electron chi connectivity index (χ2n) is 9.56. The number of benzene rings is 1. The quantitative estimate of drug-likeness (QED) is 0.273. The van der Waals surface area contributed by atoms with E-state index in [9.17, 15) is 23.2 Å². The zero-order valence-electron chi connectivity index (χ0n) is 21.4. The molecule has 6 rings (SSSR count). The standard InChI is InChI=1S/C27H21F2N7O4S/c1-12-5-19(26(38)33-10-14-6-13-9-31-22(30)8-21(13)41-14)36-24(12)32-11-18(27(36)39)34-25(37)17-7-20(40-35-17)23-15(28)3-2-4-16(23)29/h2-4,6-9,11-12,19H,5,10H2,1H3,(H2,30,31)(H,33,38)(H,34,37)/t12-,19+/m1/s1. The number of amides is 2. The van der Waals surface area contributed by atoms with Gasteiger partial charge in [-0.3, -0.25) is 19.0 Å². The van der Waals surface area contributed by atoms with Gasteiger partial charge in [0.05, 0.1) is 18.3 Å². The molecular weight excluding hydrogens is 556 g/mol. The van der Waals surface area contributed by atoms with Gasteiger partial charge in [-0.2, -0.15) is 0 Å². The topological polar surface area (TPSA) is 158 Å². The van der Waals surface area contributed by atoms with E-state index in [1.165, 1.54) is 28.2 Å². The molecule has 0 aliphatic carbocycles. The van der Waals surface area contributed by atoms with E-state index in [-0.39, 0.29) is 35.5 Å². The first-order valence-electron chi connectivity index (χ1n) is 12.4. The summed E-state index contributed by atoms with van der Waals surface area (Å²) in [6.45, 7) is 2.10. The number of anilines is 2. The fraction of sp³-hybridized carbons (Fsp3) is 0.185. The van der Waals surface area contributed by atoms with Crippen LogP contribution in [0.2, 0.25) is 0 Å². The number of nitrogens with two attached hydrogens (primary N) is 1. The van der Waals surface area contributed by atoms with Gasteiger partial charge in [-0.05, 0) is 30.7 Å². The van der Waals surface area contributed by atoms with Crippen LogP contribution in [0.3, 0.4) is 0 Å². The van der Waals surface area contributed by atoms with Crippen molar-refractivity contribution in [2.45, 2.75) is 31.8 Å². The van der Waals surface area contributed by atoms with Gasteiger partial charge in [0.1, 0.15) is 35.0 Å². The number of pyridine rings is 1. The second-order valence-corrected chi connectivity index (χ2v) is 10.7. The number of nitrogens with one attached hydrogen (secondary N) is 2. The number of nitrogens with zero attached hydrogens (tertiary/aromatic N) is 4. The van der Waals surface area contributed by atoms with Gasteiger partial charge < -0.3 is 20.9 Å². The summed E-state index contributed by atoms with van der Waals surface area (Å²) in [7, 11) is 0. The number of carbonyl (C=O) groups excluding carboxylic acids is 2. The minimum atomic E-state index is -0.887. The summed E-state index contributed by atoms with van der Waals surface area (Å²) in [5.74, 6) is -2.66. The summed E-state index contributed by atoms with van der Waals surface area (Å²) >= 11 is 1.48. The van der Waals surface area contributed by atoms with Gasteiger partial charge in [-0.15, -0.1) is 11.3 Å². The summed E-state index contributed by atoms with van der Waals surface area (Å²) < 4.78 is 35.4. The third-order valence-corrected chi connectivity index (χ3v) is 7.86. The highest BCUT2D eigenvalue weighted by molar-refractivity contribution is 7.19. The summed E-state index contributed by atoms with van der Waals surface area (Å²) in [5.41, 5.74) is 4.15. The van der Waals surface area contributed by atoms with Crippen LogP contribution in [0, 0.1) is 11.6 Å². The molecule has 0 radical (unpaired) electrons. The largest absolute Gasteiger partial charge is 0.384 e. The summed E-state index contributed by atoms with van der Waals surface area (Å²) in [6.07, 6.45) is 3.22. The Morgan fingerprint density at radius 3 is 2.73 bits per heavy atom. The third-order valence-electron chi connectivity index (χ3n) is 6.76. The molecule has 14 heteroatoms. The van der Waals surface area contributed by atoms with E-state index in [1.807, 2.05) is 13.0 Å². The molecule has 0 fully saturated rings. The normalized spacial score (nSPS) is 16.1. The molecule has 2 amide bonds. The number of thiophene rings is 1. The van der Waals surface area contributed by atoms with Crippen LogP contribution >= 0.6 is 11.3 Å². The van der Waals surface area contributed by atoms with E-state index in [4.69, 9.17) is 10.3 Å². The van der Waals surface area contributed by atoms with Crippen LogP contribution in [-0.2, 0) is 11.3 Å². The Hall–Kier alpha value is -4.98. The van der Waals surface area contributed by atoms with Crippen LogP contribution in [0.4, 0.5) is 20.3 Å². The van der Waals surface area contributed by atoms with Crippen LogP contribution in [0.5, 0.6) is 0 Å². The number of aromatic nitrogens is 4. The average molecular weight is 578 g/mol. The highest BCUT2D eigenvalue weighted by Gasteiger charge is 2.36. The Morgan fingerprint density at radius 1 is 1.17 bits per heavy atom. The molecule has 1 aliphatic rings. The number of hydrogen-bond donors (Lipinski definition) is 3. The molecule has 4 N–H and O–H groups in total. The molecule has 1 aromatic carbocycles. The van der Waals surface area contributed by atoms with Gasteiger partial charge in [0.15, 0.2) is 11.5 Å². The van der Waals surface area contributed by atoms with Crippen LogP contribution in [0.25, 0.3) is 21.4 Å². The van der Waals surface area contributed by atoms with Gasteiger partial charge in [0, 0.05) is 33.1 Å². The van der Waals surface area contributed by atoms with E-state index in [2.05, 4.69) is 25.8 Å². The van der Waals surface area contributed by atoms with E-state index in [0.29, 0.717) is 18.1 Å². The fourth-order valence-corrected chi connectivity index (χ4v) is 5.83. The lowest BCUT2D eigenvalue weighted by atomic mass is 10.1. The Labute approximate surface area is 234 Å². The third kappa shape index (κ3) is 4.82. The smallest absolute Gasteiger partial charge is 0.278 e. The molecule has 0 saturated heterocycles. The molecule has 5 aromatic rings. The van der Waals surface area contributed by atoms with Crippen LogP contribution in [0.1, 0.15) is 46.5 Å². The molecule has 41 heavy (non-hydrogen) atoms. The lowest BCUT2D eigenvalue weighted by Crippen LogP contribution is -2.36. The first-order valence-corrected chi connectivity index (χ1v) is 13.3. The first-order chi connectivity index (χ1) is 19.7. The van der Waals surface area contributed by atoms with E-state index in [0.717, 1.165) is 33.2 Å². The predicted molar refractivity (Wildman–Crippen MR) is 146 cm³/mol. The maximum atomic E-state index is 14.1. The van der Waals surface area contributed by atoms with Crippen molar-refractivity contribution in [2.75, 3.05) is 11.1 Å². The lowest BCUT2D eigenvalue weighted by Gasteiger charge is -2.15. The number of nitrogen functional groups attached to an aromatic ring is 1. The summed E-state index contributed by atoms with van der Waals surface area (Å²) in [5, 5.41) is 9.78. The van der Waals surface area contributed by atoms with Crippen molar-refractivity contribution in [3.8, 4) is 11.3 Å². The highest BCUT2D eigenvalue weighted by atomic mass is 32.1. The van der Waals surface area contributed by atoms with Gasteiger partial charge in [-0.25, -0.2) is 18.7 Å². The van der Waals surface area contributed by atoms with E-state index < -0.39 is 34.7 Å². The average Bonchev–Trinajstić information content (AvgIpc) is 3.66. The van der Waals surface area contributed by atoms with Crippen LogP contribution in [0.15, 0.2) is 58.1 Å². The molecule has 2 atom stereocenters. The molecular formula is C27H21F2N7O4S. The monoisotopic (exact) mass is 577 g/mol. The number of fused-ring (bicyclic) bond motifs is 2. The summed E-state index contributed by atoms with van der Waals surface area (Å²) in [4.78, 5) is 48.7. The van der Waals surface area contributed by atoms with Crippen LogP contribution in [-0.4, -0.2) is 31.5 Å². The maximum Gasteiger partial charge on any atom is 0.278 e. The minimum absolute atomic E-state index is 0.185. The molecule has 0 saturated carbocycles. The van der Waals surface area contributed by atoms with Crippen molar-refractivity contribution >= 4 is 44.7 Å². The first kappa shape index (κ1) is 26.3. The minimum Gasteiger partial charge on any atom is -0.384 e. The molecule has 0 bridgehead atoms. The van der Waals surface area contributed by atoms with Gasteiger partial charge in [0.25, 0.3) is 11.5 Å². The Balaban J connectivity index is 1.20. The zero-order valence-corrected chi connectivity index (χ0v) is 22.2. The van der Waals surface area contributed by atoms with Crippen molar-refractivity contribution in [1.29, 1.82) is 0 Å². The molecule has 0 unspecified atom stereocenters. The summed E-state index contributed by atoms with van der Waals surface area (Å²) in [6, 6.07) is 7.18. The molecule has 208 valence electrons.